The second-order valence-corrected chi connectivity index (χ2v) is 4.20. The van der Waals surface area contributed by atoms with Crippen LogP contribution in [0.15, 0.2) is 18.2 Å². The first kappa shape index (κ1) is 10.4. The summed E-state index contributed by atoms with van der Waals surface area (Å²) in [4.78, 5) is 11.0. The van der Waals surface area contributed by atoms with Crippen molar-refractivity contribution in [1.82, 2.24) is 0 Å². The highest BCUT2D eigenvalue weighted by molar-refractivity contribution is 5.71. The first-order chi connectivity index (χ1) is 8.24. The minimum Gasteiger partial charge on any atom is -0.465 e. The van der Waals surface area contributed by atoms with Crippen LogP contribution in [0.1, 0.15) is 18.1 Å². The largest absolute Gasteiger partial charge is 0.465 e. The molecule has 3 rings (SSSR count). The van der Waals surface area contributed by atoms with Crippen molar-refractivity contribution in [1.29, 1.82) is 0 Å². The topological polar surface area (TPSA) is 65.0 Å². The Morgan fingerprint density at radius 3 is 2.82 bits per heavy atom. The van der Waals surface area contributed by atoms with Crippen LogP contribution in [0.4, 0.5) is 0 Å². The van der Waals surface area contributed by atoms with Crippen molar-refractivity contribution in [3.8, 4) is 11.5 Å². The standard InChI is InChI=1S/C12H12O5/c13-11-4-8(5-15-11)12(14)7-1-2-9-10(3-7)17-6-16-9/h1-3,8,12,14H,4-6H2/t8-,12+/m0/s1. The Balaban J connectivity index is 1.81. The number of carbonyl (C=O) groups is 1. The number of fused-ring (bicyclic) bond motifs is 1. The van der Waals surface area contributed by atoms with Crippen molar-refractivity contribution < 1.29 is 24.1 Å². The number of carbonyl (C=O) groups excluding carboxylic acids is 1. The first-order valence-corrected chi connectivity index (χ1v) is 5.47. The second kappa shape index (κ2) is 3.92. The number of hydrogen-bond acceptors (Lipinski definition) is 5. The van der Waals surface area contributed by atoms with Crippen molar-refractivity contribution in [2.24, 2.45) is 5.92 Å². The molecule has 17 heavy (non-hydrogen) atoms. The van der Waals surface area contributed by atoms with Crippen LogP contribution in [-0.4, -0.2) is 24.5 Å². The average Bonchev–Trinajstić information content (AvgIpc) is 2.95. The molecule has 5 nitrogen and oxygen atoms in total. The molecule has 2 aliphatic rings. The molecule has 0 amide bonds. The fourth-order valence-corrected chi connectivity index (χ4v) is 2.10. The number of benzene rings is 1. The number of hydrogen-bond donors (Lipinski definition) is 1. The van der Waals surface area contributed by atoms with Gasteiger partial charge in [-0.3, -0.25) is 4.79 Å². The fraction of sp³-hybridized carbons (Fsp3) is 0.417. The number of cyclic esters (lactones) is 1. The van der Waals surface area contributed by atoms with E-state index in [1.54, 1.807) is 18.2 Å². The molecule has 5 heteroatoms. The molecule has 2 aliphatic heterocycles. The number of rotatable bonds is 2. The van der Waals surface area contributed by atoms with Crippen LogP contribution >= 0.6 is 0 Å². The number of esters is 1. The highest BCUT2D eigenvalue weighted by atomic mass is 16.7. The summed E-state index contributed by atoms with van der Waals surface area (Å²) in [7, 11) is 0. The second-order valence-electron chi connectivity index (χ2n) is 4.20. The van der Waals surface area contributed by atoms with Crippen LogP contribution in [0, 0.1) is 5.92 Å². The van der Waals surface area contributed by atoms with Gasteiger partial charge >= 0.3 is 5.97 Å². The van der Waals surface area contributed by atoms with E-state index in [1.165, 1.54) is 0 Å². The van der Waals surface area contributed by atoms with Gasteiger partial charge in [0.15, 0.2) is 11.5 Å². The Morgan fingerprint density at radius 1 is 1.24 bits per heavy atom. The van der Waals surface area contributed by atoms with Gasteiger partial charge in [-0.25, -0.2) is 0 Å². The molecule has 90 valence electrons. The van der Waals surface area contributed by atoms with E-state index >= 15 is 0 Å². The molecule has 2 heterocycles. The third-order valence-corrected chi connectivity index (χ3v) is 3.07. The minimum atomic E-state index is -0.712. The van der Waals surface area contributed by atoms with E-state index in [-0.39, 0.29) is 31.7 Å². The summed E-state index contributed by atoms with van der Waals surface area (Å²) >= 11 is 0. The van der Waals surface area contributed by atoms with Gasteiger partial charge in [-0.1, -0.05) is 6.07 Å². The summed E-state index contributed by atoms with van der Waals surface area (Å²) in [5.74, 6) is 0.879. The number of aliphatic hydroxyl groups excluding tert-OH is 1. The Bertz CT molecular complexity index is 456. The number of aliphatic hydroxyl groups is 1. The summed E-state index contributed by atoms with van der Waals surface area (Å²) in [5.41, 5.74) is 0.720. The van der Waals surface area contributed by atoms with Crippen molar-refractivity contribution in [3.63, 3.8) is 0 Å². The third-order valence-electron chi connectivity index (χ3n) is 3.07. The van der Waals surface area contributed by atoms with E-state index in [1.807, 2.05) is 0 Å². The lowest BCUT2D eigenvalue weighted by atomic mass is 9.95. The molecule has 0 unspecified atom stereocenters. The molecule has 1 fully saturated rings. The van der Waals surface area contributed by atoms with Crippen LogP contribution in [0.3, 0.4) is 0 Å². The van der Waals surface area contributed by atoms with Crippen LogP contribution in [0.2, 0.25) is 0 Å². The summed E-state index contributed by atoms with van der Waals surface area (Å²) in [5, 5.41) is 10.1. The molecule has 1 saturated heterocycles. The average molecular weight is 236 g/mol. The highest BCUT2D eigenvalue weighted by Crippen LogP contribution is 2.37. The lowest BCUT2D eigenvalue weighted by molar-refractivity contribution is -0.137. The summed E-state index contributed by atoms with van der Waals surface area (Å²) in [6, 6.07) is 5.29. The molecule has 0 aliphatic carbocycles. The molecular formula is C12H12O5. The molecule has 0 radical (unpaired) electrons. The molecule has 1 aromatic carbocycles. The zero-order valence-electron chi connectivity index (χ0n) is 9.09. The minimum absolute atomic E-state index is 0.178. The van der Waals surface area contributed by atoms with E-state index < -0.39 is 6.10 Å². The van der Waals surface area contributed by atoms with Gasteiger partial charge in [-0.2, -0.15) is 0 Å². The lowest BCUT2D eigenvalue weighted by Gasteiger charge is -2.15. The molecule has 2 atom stereocenters. The quantitative estimate of drug-likeness (QED) is 0.776. The van der Waals surface area contributed by atoms with E-state index in [9.17, 15) is 9.90 Å². The van der Waals surface area contributed by atoms with Gasteiger partial charge in [-0.15, -0.1) is 0 Å². The maximum Gasteiger partial charge on any atom is 0.306 e. The maximum atomic E-state index is 11.0. The fourth-order valence-electron chi connectivity index (χ4n) is 2.10. The Kier molecular flexibility index (Phi) is 2.40. The number of ether oxygens (including phenoxy) is 3. The van der Waals surface area contributed by atoms with Crippen molar-refractivity contribution >= 4 is 5.97 Å². The molecule has 0 aromatic heterocycles. The van der Waals surface area contributed by atoms with Gasteiger partial charge in [0.25, 0.3) is 0 Å². The maximum absolute atomic E-state index is 11.0. The van der Waals surface area contributed by atoms with Crippen LogP contribution in [0.5, 0.6) is 11.5 Å². The zero-order valence-corrected chi connectivity index (χ0v) is 9.09. The molecule has 0 saturated carbocycles. The SMILES string of the molecule is O=C1C[C@H]([C@H](O)c2ccc3c(c2)OCO3)CO1. The van der Waals surface area contributed by atoms with Crippen molar-refractivity contribution in [2.75, 3.05) is 13.4 Å². The van der Waals surface area contributed by atoms with Crippen LogP contribution in [0.25, 0.3) is 0 Å². The normalized spacial score (nSPS) is 23.6. The molecule has 1 aromatic rings. The van der Waals surface area contributed by atoms with Gasteiger partial charge < -0.3 is 19.3 Å². The van der Waals surface area contributed by atoms with Crippen LogP contribution < -0.4 is 9.47 Å². The first-order valence-electron chi connectivity index (χ1n) is 5.47. The van der Waals surface area contributed by atoms with Crippen LogP contribution in [-0.2, 0) is 9.53 Å². The van der Waals surface area contributed by atoms with E-state index in [4.69, 9.17) is 14.2 Å². The van der Waals surface area contributed by atoms with Gasteiger partial charge in [0.1, 0.15) is 0 Å². The van der Waals surface area contributed by atoms with Gasteiger partial charge in [0, 0.05) is 5.92 Å². The van der Waals surface area contributed by atoms with Gasteiger partial charge in [-0.05, 0) is 17.7 Å². The molecule has 1 N–H and O–H groups in total. The third kappa shape index (κ3) is 1.82. The predicted molar refractivity (Wildman–Crippen MR) is 56.6 cm³/mol. The molecule has 0 bridgehead atoms. The monoisotopic (exact) mass is 236 g/mol. The zero-order chi connectivity index (χ0) is 11.8. The van der Waals surface area contributed by atoms with E-state index in [0.29, 0.717) is 11.5 Å². The molecular weight excluding hydrogens is 224 g/mol. The summed E-state index contributed by atoms with van der Waals surface area (Å²) in [6.07, 6.45) is -0.453. The van der Waals surface area contributed by atoms with E-state index in [2.05, 4.69) is 0 Å². The van der Waals surface area contributed by atoms with Gasteiger partial charge in [0.2, 0.25) is 6.79 Å². The van der Waals surface area contributed by atoms with Crippen molar-refractivity contribution in [2.45, 2.75) is 12.5 Å². The molecule has 0 spiro atoms. The van der Waals surface area contributed by atoms with Crippen molar-refractivity contribution in [3.05, 3.63) is 23.8 Å². The Hall–Kier alpha value is -1.75. The smallest absolute Gasteiger partial charge is 0.306 e. The summed E-state index contributed by atoms with van der Waals surface area (Å²) < 4.78 is 15.3. The predicted octanol–water partition coefficient (Wildman–Crippen LogP) is 1.01. The Labute approximate surface area is 97.9 Å². The van der Waals surface area contributed by atoms with Gasteiger partial charge in [0.05, 0.1) is 19.1 Å². The lowest BCUT2D eigenvalue weighted by Crippen LogP contribution is -2.12. The Morgan fingerprint density at radius 2 is 2.06 bits per heavy atom. The highest BCUT2D eigenvalue weighted by Gasteiger charge is 2.31. The van der Waals surface area contributed by atoms with E-state index in [0.717, 1.165) is 5.56 Å². The summed E-state index contributed by atoms with van der Waals surface area (Å²) in [6.45, 7) is 0.481.